The zero-order valence-corrected chi connectivity index (χ0v) is 20.4. The predicted octanol–water partition coefficient (Wildman–Crippen LogP) is 4.81. The van der Waals surface area contributed by atoms with E-state index in [0.29, 0.717) is 5.56 Å². The molecular formula is C27H36N2O4. The van der Waals surface area contributed by atoms with Gasteiger partial charge in [0, 0.05) is 17.1 Å². The standard InChI is InChI=1S/C27H36N2O4/c1-26(2,3)29-23(30)22(20-16-15-18-11-9-10-12-19(18)17-20)33-25(32)27(4,5)24(31)28-21-13-7-6-8-14-21/h9-12,15-17,21-22H,6-8,13-14H2,1-5H3,(H,28,31)(H,29,30). The summed E-state index contributed by atoms with van der Waals surface area (Å²) in [6, 6.07) is 13.4. The molecule has 1 saturated carbocycles. The van der Waals surface area contributed by atoms with Crippen LogP contribution in [-0.4, -0.2) is 29.4 Å². The molecular weight excluding hydrogens is 416 g/mol. The lowest BCUT2D eigenvalue weighted by Gasteiger charge is -2.30. The molecule has 6 heteroatoms. The summed E-state index contributed by atoms with van der Waals surface area (Å²) in [7, 11) is 0. The molecule has 2 amide bonds. The number of carbonyl (C=O) groups excluding carboxylic acids is 3. The smallest absolute Gasteiger partial charge is 0.322 e. The first-order valence-corrected chi connectivity index (χ1v) is 11.8. The fourth-order valence-electron chi connectivity index (χ4n) is 4.04. The zero-order chi connectivity index (χ0) is 24.2. The Morgan fingerprint density at radius 2 is 1.55 bits per heavy atom. The van der Waals surface area contributed by atoms with Crippen molar-refractivity contribution < 1.29 is 19.1 Å². The van der Waals surface area contributed by atoms with Gasteiger partial charge >= 0.3 is 5.97 Å². The Morgan fingerprint density at radius 3 is 2.18 bits per heavy atom. The van der Waals surface area contributed by atoms with Gasteiger partial charge in [0.2, 0.25) is 12.0 Å². The Hall–Kier alpha value is -2.89. The molecule has 178 valence electrons. The number of nitrogens with one attached hydrogen (secondary N) is 2. The van der Waals surface area contributed by atoms with E-state index in [0.717, 1.165) is 36.5 Å². The van der Waals surface area contributed by atoms with Crippen LogP contribution in [0.3, 0.4) is 0 Å². The molecule has 1 aliphatic rings. The number of carbonyl (C=O) groups is 3. The largest absolute Gasteiger partial charge is 0.446 e. The minimum absolute atomic E-state index is 0.0822. The summed E-state index contributed by atoms with van der Waals surface area (Å²) in [5.74, 6) is -1.51. The van der Waals surface area contributed by atoms with Gasteiger partial charge in [0.05, 0.1) is 0 Å². The van der Waals surface area contributed by atoms with E-state index in [9.17, 15) is 14.4 Å². The first-order chi connectivity index (χ1) is 15.5. The number of hydrogen-bond acceptors (Lipinski definition) is 4. The first-order valence-electron chi connectivity index (χ1n) is 11.8. The maximum absolute atomic E-state index is 13.2. The third-order valence-corrected chi connectivity index (χ3v) is 6.06. The lowest BCUT2D eigenvalue weighted by Crippen LogP contribution is -2.49. The normalized spacial score (nSPS) is 16.2. The van der Waals surface area contributed by atoms with E-state index in [1.807, 2.05) is 57.2 Å². The molecule has 0 radical (unpaired) electrons. The predicted molar refractivity (Wildman–Crippen MR) is 129 cm³/mol. The van der Waals surface area contributed by atoms with E-state index in [2.05, 4.69) is 10.6 Å². The fourth-order valence-corrected chi connectivity index (χ4v) is 4.04. The van der Waals surface area contributed by atoms with Crippen molar-refractivity contribution in [2.24, 2.45) is 5.41 Å². The monoisotopic (exact) mass is 452 g/mol. The van der Waals surface area contributed by atoms with Crippen molar-refractivity contribution in [1.29, 1.82) is 0 Å². The molecule has 0 bridgehead atoms. The van der Waals surface area contributed by atoms with Gasteiger partial charge in [-0.25, -0.2) is 0 Å². The summed E-state index contributed by atoms with van der Waals surface area (Å²) in [5.41, 5.74) is -1.37. The number of rotatable bonds is 6. The number of amides is 2. The number of hydrogen-bond donors (Lipinski definition) is 2. The van der Waals surface area contributed by atoms with E-state index in [1.165, 1.54) is 6.42 Å². The van der Waals surface area contributed by atoms with E-state index in [1.54, 1.807) is 19.9 Å². The Kier molecular flexibility index (Phi) is 7.45. The van der Waals surface area contributed by atoms with Crippen LogP contribution in [0.1, 0.15) is 78.4 Å². The van der Waals surface area contributed by atoms with Gasteiger partial charge in [-0.3, -0.25) is 14.4 Å². The van der Waals surface area contributed by atoms with Crippen LogP contribution in [0.5, 0.6) is 0 Å². The van der Waals surface area contributed by atoms with Gasteiger partial charge in [-0.05, 0) is 64.3 Å². The molecule has 2 aromatic rings. The first kappa shape index (κ1) is 24.7. The van der Waals surface area contributed by atoms with Gasteiger partial charge in [0.15, 0.2) is 0 Å². The number of ether oxygens (including phenoxy) is 1. The second-order valence-electron chi connectivity index (χ2n) is 10.6. The van der Waals surface area contributed by atoms with Crippen molar-refractivity contribution in [3.05, 3.63) is 48.0 Å². The molecule has 1 fully saturated rings. The Balaban J connectivity index is 1.84. The molecule has 2 aromatic carbocycles. The topological polar surface area (TPSA) is 84.5 Å². The molecule has 0 saturated heterocycles. The van der Waals surface area contributed by atoms with Crippen molar-refractivity contribution in [3.63, 3.8) is 0 Å². The summed E-state index contributed by atoms with van der Waals surface area (Å²) in [5, 5.41) is 7.87. The van der Waals surface area contributed by atoms with Crippen molar-refractivity contribution >= 4 is 28.6 Å². The Labute approximate surface area is 196 Å². The summed E-state index contributed by atoms with van der Waals surface area (Å²) in [4.78, 5) is 39.3. The van der Waals surface area contributed by atoms with Gasteiger partial charge in [-0.2, -0.15) is 0 Å². The Morgan fingerprint density at radius 1 is 0.909 bits per heavy atom. The Bertz CT molecular complexity index is 1020. The molecule has 3 rings (SSSR count). The van der Waals surface area contributed by atoms with Crippen LogP contribution in [0.15, 0.2) is 42.5 Å². The van der Waals surface area contributed by atoms with Gasteiger partial charge in [-0.1, -0.05) is 55.7 Å². The average Bonchev–Trinajstić information content (AvgIpc) is 2.76. The highest BCUT2D eigenvalue weighted by atomic mass is 16.5. The van der Waals surface area contributed by atoms with Crippen molar-refractivity contribution in [2.75, 3.05) is 0 Å². The molecule has 0 aliphatic heterocycles. The van der Waals surface area contributed by atoms with Crippen molar-refractivity contribution in [1.82, 2.24) is 10.6 Å². The number of benzene rings is 2. The molecule has 6 nitrogen and oxygen atoms in total. The third-order valence-electron chi connectivity index (χ3n) is 6.06. The zero-order valence-electron chi connectivity index (χ0n) is 20.4. The minimum atomic E-state index is -1.42. The summed E-state index contributed by atoms with van der Waals surface area (Å²) < 4.78 is 5.76. The summed E-state index contributed by atoms with van der Waals surface area (Å²) in [6.07, 6.45) is 4.01. The third kappa shape index (κ3) is 6.34. The van der Waals surface area contributed by atoms with Crippen LogP contribution in [0, 0.1) is 5.41 Å². The fraction of sp³-hybridized carbons (Fsp3) is 0.519. The lowest BCUT2D eigenvalue weighted by atomic mass is 9.89. The van der Waals surface area contributed by atoms with Gasteiger partial charge in [-0.15, -0.1) is 0 Å². The van der Waals surface area contributed by atoms with Crippen LogP contribution in [0.2, 0.25) is 0 Å². The molecule has 0 spiro atoms. The highest BCUT2D eigenvalue weighted by molar-refractivity contribution is 6.02. The van der Waals surface area contributed by atoms with Gasteiger partial charge in [0.1, 0.15) is 5.41 Å². The second kappa shape index (κ2) is 9.94. The minimum Gasteiger partial charge on any atom is -0.446 e. The average molecular weight is 453 g/mol. The molecule has 2 N–H and O–H groups in total. The quantitative estimate of drug-likeness (QED) is 0.486. The molecule has 0 aromatic heterocycles. The van der Waals surface area contributed by atoms with E-state index in [4.69, 9.17) is 4.74 Å². The van der Waals surface area contributed by atoms with Gasteiger partial charge in [0.25, 0.3) is 5.91 Å². The van der Waals surface area contributed by atoms with Crippen LogP contribution >= 0.6 is 0 Å². The van der Waals surface area contributed by atoms with E-state index >= 15 is 0 Å². The van der Waals surface area contributed by atoms with Crippen molar-refractivity contribution in [2.45, 2.75) is 84.4 Å². The lowest BCUT2D eigenvalue weighted by molar-refractivity contribution is -0.168. The summed E-state index contributed by atoms with van der Waals surface area (Å²) in [6.45, 7) is 8.70. The molecule has 1 atom stereocenters. The maximum atomic E-state index is 13.2. The molecule has 0 heterocycles. The van der Waals surface area contributed by atoms with E-state index < -0.39 is 28.9 Å². The highest BCUT2D eigenvalue weighted by Crippen LogP contribution is 2.28. The van der Waals surface area contributed by atoms with Crippen LogP contribution in [0.4, 0.5) is 0 Å². The van der Waals surface area contributed by atoms with Crippen LogP contribution < -0.4 is 10.6 Å². The van der Waals surface area contributed by atoms with Crippen LogP contribution in [-0.2, 0) is 19.1 Å². The number of esters is 1. The van der Waals surface area contributed by atoms with Gasteiger partial charge < -0.3 is 15.4 Å². The number of fused-ring (bicyclic) bond motifs is 1. The highest BCUT2D eigenvalue weighted by Gasteiger charge is 2.41. The molecule has 1 unspecified atom stereocenters. The summed E-state index contributed by atoms with van der Waals surface area (Å²) >= 11 is 0. The SMILES string of the molecule is CC(C)(C)NC(=O)C(OC(=O)C(C)(C)C(=O)NC1CCCCC1)c1ccc2ccccc2c1. The molecule has 1 aliphatic carbocycles. The van der Waals surface area contributed by atoms with Crippen molar-refractivity contribution in [3.8, 4) is 0 Å². The maximum Gasteiger partial charge on any atom is 0.322 e. The van der Waals surface area contributed by atoms with E-state index in [-0.39, 0.29) is 11.9 Å². The van der Waals surface area contributed by atoms with Crippen LogP contribution in [0.25, 0.3) is 10.8 Å². The second-order valence-corrected chi connectivity index (χ2v) is 10.6. The molecule has 33 heavy (non-hydrogen) atoms.